The van der Waals surface area contributed by atoms with Crippen LogP contribution >= 0.6 is 0 Å². The van der Waals surface area contributed by atoms with Gasteiger partial charge in [-0.25, -0.2) is 0 Å². The van der Waals surface area contributed by atoms with Crippen LogP contribution in [0.1, 0.15) is 5.56 Å². The molecule has 0 aromatic heterocycles. The second-order valence-electron chi connectivity index (χ2n) is 2.98. The Hall–Kier alpha value is -1.40. The molecule has 0 heterocycles. The lowest BCUT2D eigenvalue weighted by atomic mass is 9.88. The molecule has 5 nitrogen and oxygen atoms in total. The largest absolute Gasteiger partial charge is 0.437 e. The van der Waals surface area contributed by atoms with Crippen molar-refractivity contribution in [1.29, 1.82) is 0 Å². The Morgan fingerprint density at radius 3 is 2.50 bits per heavy atom. The summed E-state index contributed by atoms with van der Waals surface area (Å²) in [6.07, 6.45) is 0. The third kappa shape index (κ3) is 3.16. The van der Waals surface area contributed by atoms with Crippen LogP contribution in [-0.2, 0) is 6.54 Å². The quantitative estimate of drug-likeness (QED) is 0.422. The standard InChI is InChI=1S/C8H11BN2O3/c1-9(12)10-6-7-2-4-8(5-3-7)11(13)14/h2-5,10,12H,6H2,1H3. The van der Waals surface area contributed by atoms with Crippen molar-refractivity contribution in [2.24, 2.45) is 0 Å². The van der Waals surface area contributed by atoms with E-state index in [1.165, 1.54) is 12.1 Å². The fraction of sp³-hybridized carbons (Fsp3) is 0.250. The monoisotopic (exact) mass is 194 g/mol. The van der Waals surface area contributed by atoms with E-state index in [1.54, 1.807) is 19.0 Å². The number of rotatable bonds is 4. The Morgan fingerprint density at radius 2 is 2.07 bits per heavy atom. The van der Waals surface area contributed by atoms with Gasteiger partial charge in [0.25, 0.3) is 5.69 Å². The second kappa shape index (κ2) is 4.73. The van der Waals surface area contributed by atoms with Crippen molar-refractivity contribution < 1.29 is 9.95 Å². The van der Waals surface area contributed by atoms with Gasteiger partial charge < -0.3 is 10.3 Å². The maximum Gasteiger partial charge on any atom is 0.373 e. The molecule has 2 N–H and O–H groups in total. The minimum atomic E-state index is -0.579. The predicted octanol–water partition coefficient (Wildman–Crippen LogP) is 0.795. The number of nitrogens with zero attached hydrogens (tertiary/aromatic N) is 1. The Bertz CT molecular complexity index is 313. The van der Waals surface area contributed by atoms with Crippen molar-refractivity contribution in [3.05, 3.63) is 39.9 Å². The summed E-state index contributed by atoms with van der Waals surface area (Å²) in [6.45, 7) is 2.11. The highest BCUT2D eigenvalue weighted by Crippen LogP contribution is 2.11. The smallest absolute Gasteiger partial charge is 0.373 e. The molecule has 1 aromatic carbocycles. The highest BCUT2D eigenvalue weighted by molar-refractivity contribution is 6.45. The van der Waals surface area contributed by atoms with E-state index in [9.17, 15) is 10.1 Å². The number of non-ortho nitro benzene ring substituents is 1. The molecule has 0 bridgehead atoms. The van der Waals surface area contributed by atoms with Gasteiger partial charge in [-0.3, -0.25) is 10.1 Å². The molecule has 1 rings (SSSR count). The first-order valence-electron chi connectivity index (χ1n) is 4.24. The van der Waals surface area contributed by atoms with Crippen LogP contribution in [0.15, 0.2) is 24.3 Å². The van der Waals surface area contributed by atoms with Gasteiger partial charge in [0.2, 0.25) is 0 Å². The highest BCUT2D eigenvalue weighted by atomic mass is 16.6. The number of hydrogen-bond acceptors (Lipinski definition) is 4. The van der Waals surface area contributed by atoms with E-state index in [0.717, 1.165) is 5.56 Å². The van der Waals surface area contributed by atoms with Gasteiger partial charge in [0.15, 0.2) is 0 Å². The van der Waals surface area contributed by atoms with Crippen LogP contribution in [0, 0.1) is 10.1 Å². The van der Waals surface area contributed by atoms with Crippen LogP contribution < -0.4 is 5.23 Å². The Labute approximate surface area is 82.0 Å². The van der Waals surface area contributed by atoms with Gasteiger partial charge in [-0.1, -0.05) is 12.1 Å². The SMILES string of the molecule is CB(O)NCc1ccc([N+](=O)[O-])cc1. The molecule has 14 heavy (non-hydrogen) atoms. The number of nitro groups is 1. The van der Waals surface area contributed by atoms with Gasteiger partial charge in [-0.2, -0.15) is 0 Å². The third-order valence-corrected chi connectivity index (χ3v) is 1.75. The lowest BCUT2D eigenvalue weighted by Crippen LogP contribution is -2.29. The van der Waals surface area contributed by atoms with Crippen LogP contribution in [0.2, 0.25) is 6.82 Å². The topological polar surface area (TPSA) is 75.4 Å². The molecule has 0 amide bonds. The molecule has 0 saturated carbocycles. The van der Waals surface area contributed by atoms with Crippen molar-refractivity contribution in [3.8, 4) is 0 Å². The molecule has 1 aromatic rings. The molecule has 0 aliphatic rings. The van der Waals surface area contributed by atoms with Crippen molar-refractivity contribution in [1.82, 2.24) is 5.23 Å². The lowest BCUT2D eigenvalue weighted by Gasteiger charge is -2.03. The molecule has 6 heteroatoms. The molecule has 0 atom stereocenters. The zero-order chi connectivity index (χ0) is 10.6. The lowest BCUT2D eigenvalue weighted by molar-refractivity contribution is -0.384. The van der Waals surface area contributed by atoms with Gasteiger partial charge in [-0.05, 0) is 12.4 Å². The zero-order valence-corrected chi connectivity index (χ0v) is 7.80. The summed E-state index contributed by atoms with van der Waals surface area (Å²) < 4.78 is 0. The van der Waals surface area contributed by atoms with Crippen molar-refractivity contribution in [2.75, 3.05) is 0 Å². The molecule has 0 aliphatic heterocycles. The van der Waals surface area contributed by atoms with Gasteiger partial charge in [0.1, 0.15) is 0 Å². The van der Waals surface area contributed by atoms with E-state index in [4.69, 9.17) is 5.02 Å². The Balaban J connectivity index is 2.60. The molecule has 0 radical (unpaired) electrons. The van der Waals surface area contributed by atoms with E-state index < -0.39 is 12.0 Å². The van der Waals surface area contributed by atoms with E-state index in [-0.39, 0.29) is 5.69 Å². The summed E-state index contributed by atoms with van der Waals surface area (Å²) in [6, 6.07) is 6.21. The molecular formula is C8H11BN2O3. The molecule has 74 valence electrons. The average Bonchev–Trinajstić information content (AvgIpc) is 2.15. The average molecular weight is 194 g/mol. The highest BCUT2D eigenvalue weighted by Gasteiger charge is 2.05. The van der Waals surface area contributed by atoms with Gasteiger partial charge in [0, 0.05) is 18.7 Å². The molecule has 0 unspecified atom stereocenters. The summed E-state index contributed by atoms with van der Waals surface area (Å²) in [5.74, 6) is 0. The number of benzene rings is 1. The Morgan fingerprint density at radius 1 is 1.50 bits per heavy atom. The zero-order valence-electron chi connectivity index (χ0n) is 7.80. The van der Waals surface area contributed by atoms with Crippen molar-refractivity contribution in [3.63, 3.8) is 0 Å². The second-order valence-corrected chi connectivity index (χ2v) is 2.98. The van der Waals surface area contributed by atoms with Crippen LogP contribution in [0.3, 0.4) is 0 Å². The first-order chi connectivity index (χ1) is 6.59. The summed E-state index contributed by atoms with van der Waals surface area (Å²) in [4.78, 5) is 9.89. The molecule has 0 saturated heterocycles. The summed E-state index contributed by atoms with van der Waals surface area (Å²) in [5, 5.41) is 22.1. The maximum absolute atomic E-state index is 10.3. The normalized spacial score (nSPS) is 9.86. The molecule has 0 aliphatic carbocycles. The van der Waals surface area contributed by atoms with Crippen molar-refractivity contribution >= 4 is 12.7 Å². The maximum atomic E-state index is 10.3. The summed E-state index contributed by atoms with van der Waals surface area (Å²) in [7, 11) is -0.579. The predicted molar refractivity (Wildman–Crippen MR) is 53.8 cm³/mol. The first-order valence-corrected chi connectivity index (χ1v) is 4.24. The van der Waals surface area contributed by atoms with E-state index in [2.05, 4.69) is 5.23 Å². The summed E-state index contributed by atoms with van der Waals surface area (Å²) in [5.41, 5.74) is 0.974. The van der Waals surface area contributed by atoms with Gasteiger partial charge >= 0.3 is 7.05 Å². The fourth-order valence-corrected chi connectivity index (χ4v) is 1.00. The van der Waals surface area contributed by atoms with Gasteiger partial charge in [0.05, 0.1) is 4.92 Å². The number of nitrogens with one attached hydrogen (secondary N) is 1. The van der Waals surface area contributed by atoms with Crippen LogP contribution in [0.25, 0.3) is 0 Å². The van der Waals surface area contributed by atoms with E-state index in [1.807, 2.05) is 0 Å². The van der Waals surface area contributed by atoms with Crippen molar-refractivity contribution in [2.45, 2.75) is 13.4 Å². The summed E-state index contributed by atoms with van der Waals surface area (Å²) >= 11 is 0. The minimum absolute atomic E-state index is 0.0748. The van der Waals surface area contributed by atoms with Gasteiger partial charge in [-0.15, -0.1) is 0 Å². The third-order valence-electron chi connectivity index (χ3n) is 1.75. The van der Waals surface area contributed by atoms with Crippen LogP contribution in [0.5, 0.6) is 0 Å². The van der Waals surface area contributed by atoms with E-state index >= 15 is 0 Å². The first kappa shape index (κ1) is 10.7. The number of nitro benzene ring substituents is 1. The molecule has 0 fully saturated rings. The Kier molecular flexibility index (Phi) is 3.61. The number of hydrogen-bond donors (Lipinski definition) is 2. The molecular weight excluding hydrogens is 183 g/mol. The molecule has 0 spiro atoms. The van der Waals surface area contributed by atoms with E-state index in [0.29, 0.717) is 6.54 Å². The fourth-order valence-electron chi connectivity index (χ4n) is 1.00. The van der Waals surface area contributed by atoms with Crippen LogP contribution in [-0.4, -0.2) is 17.0 Å². The minimum Gasteiger partial charge on any atom is -0.437 e. The van der Waals surface area contributed by atoms with Crippen LogP contribution in [0.4, 0.5) is 5.69 Å².